The van der Waals surface area contributed by atoms with Gasteiger partial charge in [0.15, 0.2) is 5.16 Å². The van der Waals surface area contributed by atoms with Gasteiger partial charge in [-0.05, 0) is 26.0 Å². The second-order valence-electron chi connectivity index (χ2n) is 3.57. The van der Waals surface area contributed by atoms with Gasteiger partial charge in [0.2, 0.25) is 0 Å². The molecule has 112 valence electrons. The summed E-state index contributed by atoms with van der Waals surface area (Å²) in [5, 5.41) is 0.785. The summed E-state index contributed by atoms with van der Waals surface area (Å²) >= 11 is 1.53. The van der Waals surface area contributed by atoms with Gasteiger partial charge >= 0.3 is 0 Å². The van der Waals surface area contributed by atoms with Gasteiger partial charge in [0.05, 0.1) is 5.56 Å². The van der Waals surface area contributed by atoms with Crippen molar-refractivity contribution in [2.45, 2.75) is 59.0 Å². The highest BCUT2D eigenvalue weighted by atomic mass is 32.2. The van der Waals surface area contributed by atoms with Crippen LogP contribution < -0.4 is 0 Å². The summed E-state index contributed by atoms with van der Waals surface area (Å²) < 4.78 is 0. The minimum absolute atomic E-state index is 0.785. The molecule has 0 atom stereocenters. The molecule has 0 unspecified atom stereocenters. The van der Waals surface area contributed by atoms with Crippen molar-refractivity contribution in [1.82, 2.24) is 9.97 Å². The SMILES string of the molecule is C=C(C)CCCC#Cc1cnc(SC)nc1.CC.CC. The van der Waals surface area contributed by atoms with E-state index < -0.39 is 0 Å². The third kappa shape index (κ3) is 11.8. The zero-order valence-electron chi connectivity index (χ0n) is 13.8. The standard InChI is InChI=1S/C13H16N2S.2C2H6/c1-11(2)7-5-4-6-8-12-9-14-13(16-3)15-10-12;2*1-2/h9-10H,1,4-5,7H2,2-3H3;2*1-2H3. The molecule has 0 spiro atoms. The number of allylic oxidation sites excluding steroid dienone is 1. The van der Waals surface area contributed by atoms with Gasteiger partial charge in [0.1, 0.15) is 0 Å². The highest BCUT2D eigenvalue weighted by Crippen LogP contribution is 2.06. The van der Waals surface area contributed by atoms with Crippen molar-refractivity contribution in [3.63, 3.8) is 0 Å². The molecule has 0 aliphatic heterocycles. The summed E-state index contributed by atoms with van der Waals surface area (Å²) in [5.41, 5.74) is 2.10. The summed E-state index contributed by atoms with van der Waals surface area (Å²) in [6.45, 7) is 13.9. The highest BCUT2D eigenvalue weighted by molar-refractivity contribution is 7.98. The van der Waals surface area contributed by atoms with Crippen molar-refractivity contribution in [2.24, 2.45) is 0 Å². The molecule has 2 nitrogen and oxygen atoms in total. The van der Waals surface area contributed by atoms with E-state index in [2.05, 4.69) is 28.4 Å². The lowest BCUT2D eigenvalue weighted by atomic mass is 10.1. The van der Waals surface area contributed by atoms with Crippen molar-refractivity contribution in [3.05, 3.63) is 30.1 Å². The van der Waals surface area contributed by atoms with Crippen LogP contribution in [0.15, 0.2) is 29.7 Å². The third-order valence-electron chi connectivity index (χ3n) is 1.95. The quantitative estimate of drug-likeness (QED) is 0.246. The molecule has 1 heterocycles. The van der Waals surface area contributed by atoms with Crippen LogP contribution in [-0.2, 0) is 0 Å². The molecule has 0 amide bonds. The molecular weight excluding hydrogens is 264 g/mol. The zero-order chi connectivity index (χ0) is 15.8. The fraction of sp³-hybridized carbons (Fsp3) is 0.529. The number of nitrogens with zero attached hydrogens (tertiary/aromatic N) is 2. The topological polar surface area (TPSA) is 25.8 Å². The van der Waals surface area contributed by atoms with Gasteiger partial charge in [-0.3, -0.25) is 0 Å². The molecule has 1 aromatic rings. The second kappa shape index (κ2) is 15.8. The van der Waals surface area contributed by atoms with Crippen molar-refractivity contribution in [1.29, 1.82) is 0 Å². The summed E-state index contributed by atoms with van der Waals surface area (Å²) in [4.78, 5) is 8.32. The molecule has 20 heavy (non-hydrogen) atoms. The lowest BCUT2D eigenvalue weighted by Gasteiger charge is -1.94. The van der Waals surface area contributed by atoms with E-state index in [1.54, 1.807) is 12.4 Å². The van der Waals surface area contributed by atoms with E-state index in [0.717, 1.165) is 30.0 Å². The first-order valence-corrected chi connectivity index (χ1v) is 8.44. The minimum atomic E-state index is 0.785. The van der Waals surface area contributed by atoms with Crippen LogP contribution in [0, 0.1) is 11.8 Å². The van der Waals surface area contributed by atoms with E-state index in [9.17, 15) is 0 Å². The molecule has 0 bridgehead atoms. The Morgan fingerprint density at radius 2 is 1.75 bits per heavy atom. The predicted molar refractivity (Wildman–Crippen MR) is 92.1 cm³/mol. The molecular formula is C17H28N2S. The van der Waals surface area contributed by atoms with Crippen LogP contribution in [0.3, 0.4) is 0 Å². The average molecular weight is 292 g/mol. The fourth-order valence-electron chi connectivity index (χ4n) is 1.13. The minimum Gasteiger partial charge on any atom is -0.230 e. The summed E-state index contributed by atoms with van der Waals surface area (Å²) in [5.74, 6) is 6.17. The number of aromatic nitrogens is 2. The Morgan fingerprint density at radius 3 is 2.20 bits per heavy atom. The summed E-state index contributed by atoms with van der Waals surface area (Å²) in [6, 6.07) is 0. The zero-order valence-corrected chi connectivity index (χ0v) is 14.6. The van der Waals surface area contributed by atoms with Crippen LogP contribution in [0.4, 0.5) is 0 Å². The van der Waals surface area contributed by atoms with E-state index in [-0.39, 0.29) is 0 Å². The maximum absolute atomic E-state index is 4.16. The number of rotatable bonds is 4. The van der Waals surface area contributed by atoms with Gasteiger partial charge in [0.25, 0.3) is 0 Å². The average Bonchev–Trinajstić information content (AvgIpc) is 2.51. The monoisotopic (exact) mass is 292 g/mol. The number of hydrogen-bond donors (Lipinski definition) is 0. The number of hydrogen-bond acceptors (Lipinski definition) is 3. The van der Waals surface area contributed by atoms with Crippen molar-refractivity contribution in [3.8, 4) is 11.8 Å². The largest absolute Gasteiger partial charge is 0.230 e. The molecule has 0 aromatic carbocycles. The molecule has 0 aliphatic carbocycles. The smallest absolute Gasteiger partial charge is 0.187 e. The number of thioether (sulfide) groups is 1. The van der Waals surface area contributed by atoms with Crippen LogP contribution in [0.2, 0.25) is 0 Å². The van der Waals surface area contributed by atoms with Gasteiger partial charge in [-0.15, -0.1) is 6.58 Å². The van der Waals surface area contributed by atoms with Crippen LogP contribution in [0.1, 0.15) is 59.4 Å². The van der Waals surface area contributed by atoms with E-state index in [1.165, 1.54) is 17.3 Å². The molecule has 0 saturated carbocycles. The molecule has 0 fully saturated rings. The lowest BCUT2D eigenvalue weighted by molar-refractivity contribution is 0.849. The second-order valence-corrected chi connectivity index (χ2v) is 4.34. The summed E-state index contributed by atoms with van der Waals surface area (Å²) in [7, 11) is 0. The van der Waals surface area contributed by atoms with Crippen LogP contribution in [0.25, 0.3) is 0 Å². The Labute approximate surface area is 129 Å². The van der Waals surface area contributed by atoms with Crippen molar-refractivity contribution >= 4 is 11.8 Å². The normalized spacial score (nSPS) is 8.10. The molecule has 3 heteroatoms. The Hall–Kier alpha value is -1.27. The van der Waals surface area contributed by atoms with Gasteiger partial charge in [-0.1, -0.05) is 56.9 Å². The van der Waals surface area contributed by atoms with E-state index in [1.807, 2.05) is 40.9 Å². The first kappa shape index (κ1) is 21.0. The van der Waals surface area contributed by atoms with Gasteiger partial charge in [0, 0.05) is 18.8 Å². The van der Waals surface area contributed by atoms with E-state index >= 15 is 0 Å². The maximum atomic E-state index is 4.16. The lowest BCUT2D eigenvalue weighted by Crippen LogP contribution is -1.86. The summed E-state index contributed by atoms with van der Waals surface area (Å²) in [6.07, 6.45) is 8.52. The van der Waals surface area contributed by atoms with Gasteiger partial charge < -0.3 is 0 Å². The van der Waals surface area contributed by atoms with Crippen LogP contribution >= 0.6 is 11.8 Å². The van der Waals surface area contributed by atoms with Gasteiger partial charge in [-0.2, -0.15) is 0 Å². The van der Waals surface area contributed by atoms with Crippen LogP contribution in [0.5, 0.6) is 0 Å². The first-order chi connectivity index (χ1) is 9.72. The number of unbranched alkanes of at least 4 members (excludes halogenated alkanes) is 1. The third-order valence-corrected chi connectivity index (χ3v) is 2.52. The Bertz CT molecular complexity index is 399. The van der Waals surface area contributed by atoms with Gasteiger partial charge in [-0.25, -0.2) is 9.97 Å². The molecule has 1 rings (SSSR count). The highest BCUT2D eigenvalue weighted by Gasteiger charge is 1.92. The first-order valence-electron chi connectivity index (χ1n) is 7.21. The predicted octanol–water partition coefficient (Wildman–Crippen LogP) is 5.35. The Kier molecular flexibility index (Phi) is 16.6. The Morgan fingerprint density at radius 1 is 1.20 bits per heavy atom. The molecule has 0 N–H and O–H groups in total. The van der Waals surface area contributed by atoms with Crippen molar-refractivity contribution < 1.29 is 0 Å². The van der Waals surface area contributed by atoms with Crippen LogP contribution in [-0.4, -0.2) is 16.2 Å². The molecule has 0 aliphatic rings. The maximum Gasteiger partial charge on any atom is 0.187 e. The molecule has 0 radical (unpaired) electrons. The molecule has 0 saturated heterocycles. The fourth-order valence-corrected chi connectivity index (χ4v) is 1.45. The van der Waals surface area contributed by atoms with E-state index in [0.29, 0.717) is 0 Å². The van der Waals surface area contributed by atoms with E-state index in [4.69, 9.17) is 0 Å². The molecule has 1 aromatic heterocycles. The van der Waals surface area contributed by atoms with Crippen molar-refractivity contribution in [2.75, 3.05) is 6.26 Å². The Balaban J connectivity index is 0.